The number of amides is 1. The number of rotatable bonds is 5. The van der Waals surface area contributed by atoms with Crippen molar-refractivity contribution in [2.24, 2.45) is 0 Å². The van der Waals surface area contributed by atoms with Crippen molar-refractivity contribution >= 4 is 22.7 Å². The molecular weight excluding hydrogens is 230 g/mol. The van der Waals surface area contributed by atoms with E-state index >= 15 is 0 Å². The molecule has 94 valence electrons. The predicted molar refractivity (Wildman–Crippen MR) is 76.9 cm³/mol. The third-order valence-corrected chi connectivity index (χ3v) is 3.68. The Morgan fingerprint density at radius 3 is 2.76 bits per heavy atom. The standard InChI is InChI=1S/C14H21NOS/c1-4-5-6-10-17-14(16)15-13-9-7-8-11(2)12(13)3/h7-9H,4-6,10H2,1-3H3,(H,15,16). The lowest BCUT2D eigenvalue weighted by Crippen LogP contribution is -2.07. The van der Waals surface area contributed by atoms with Gasteiger partial charge in [0, 0.05) is 11.4 Å². The van der Waals surface area contributed by atoms with Crippen LogP contribution in [0.4, 0.5) is 10.5 Å². The average molecular weight is 251 g/mol. The fraction of sp³-hybridized carbons (Fsp3) is 0.500. The summed E-state index contributed by atoms with van der Waals surface area (Å²) in [6.07, 6.45) is 3.50. The van der Waals surface area contributed by atoms with Gasteiger partial charge >= 0.3 is 0 Å². The summed E-state index contributed by atoms with van der Waals surface area (Å²) in [6.45, 7) is 6.26. The quantitative estimate of drug-likeness (QED) is 0.764. The normalized spacial score (nSPS) is 10.3. The Balaban J connectivity index is 2.43. The molecule has 0 bridgehead atoms. The fourth-order valence-electron chi connectivity index (χ4n) is 1.55. The lowest BCUT2D eigenvalue weighted by atomic mass is 10.1. The molecule has 0 spiro atoms. The molecule has 1 rings (SSSR count). The molecule has 0 unspecified atom stereocenters. The van der Waals surface area contributed by atoms with E-state index in [1.807, 2.05) is 19.1 Å². The van der Waals surface area contributed by atoms with Gasteiger partial charge in [-0.3, -0.25) is 4.79 Å². The van der Waals surface area contributed by atoms with Gasteiger partial charge in [-0.1, -0.05) is 43.7 Å². The Kier molecular flexibility index (Phi) is 6.12. The minimum absolute atomic E-state index is 0.0507. The van der Waals surface area contributed by atoms with E-state index in [0.717, 1.165) is 23.4 Å². The summed E-state index contributed by atoms with van der Waals surface area (Å²) in [7, 11) is 0. The molecule has 0 saturated carbocycles. The van der Waals surface area contributed by atoms with Gasteiger partial charge in [0.25, 0.3) is 5.24 Å². The zero-order valence-electron chi connectivity index (χ0n) is 10.9. The van der Waals surface area contributed by atoms with Crippen molar-refractivity contribution in [3.8, 4) is 0 Å². The first-order valence-corrected chi connectivity index (χ1v) is 7.13. The van der Waals surface area contributed by atoms with Gasteiger partial charge in [-0.25, -0.2) is 0 Å². The van der Waals surface area contributed by atoms with Gasteiger partial charge in [-0.2, -0.15) is 0 Å². The van der Waals surface area contributed by atoms with Gasteiger partial charge < -0.3 is 5.32 Å². The topological polar surface area (TPSA) is 29.1 Å². The maximum absolute atomic E-state index is 11.7. The second kappa shape index (κ2) is 7.38. The lowest BCUT2D eigenvalue weighted by molar-refractivity contribution is 0.269. The molecule has 0 radical (unpaired) electrons. The Labute approximate surface area is 108 Å². The minimum Gasteiger partial charge on any atom is -0.317 e. The maximum Gasteiger partial charge on any atom is 0.283 e. The van der Waals surface area contributed by atoms with Crippen LogP contribution in [0, 0.1) is 13.8 Å². The highest BCUT2D eigenvalue weighted by molar-refractivity contribution is 8.13. The highest BCUT2D eigenvalue weighted by Crippen LogP contribution is 2.20. The molecule has 0 aliphatic heterocycles. The Morgan fingerprint density at radius 2 is 2.06 bits per heavy atom. The smallest absolute Gasteiger partial charge is 0.283 e. The van der Waals surface area contributed by atoms with E-state index in [1.54, 1.807) is 0 Å². The molecule has 17 heavy (non-hydrogen) atoms. The second-order valence-corrected chi connectivity index (χ2v) is 5.28. The van der Waals surface area contributed by atoms with Crippen LogP contribution in [-0.2, 0) is 0 Å². The van der Waals surface area contributed by atoms with Crippen LogP contribution in [0.15, 0.2) is 18.2 Å². The van der Waals surface area contributed by atoms with Crippen LogP contribution in [-0.4, -0.2) is 11.0 Å². The third-order valence-electron chi connectivity index (χ3n) is 2.82. The molecule has 1 amide bonds. The Bertz CT molecular complexity index is 376. The molecule has 2 nitrogen and oxygen atoms in total. The molecule has 3 heteroatoms. The minimum atomic E-state index is 0.0507. The van der Waals surface area contributed by atoms with Crippen LogP contribution in [0.1, 0.15) is 37.3 Å². The number of anilines is 1. The van der Waals surface area contributed by atoms with E-state index in [1.165, 1.54) is 30.2 Å². The summed E-state index contributed by atoms with van der Waals surface area (Å²) in [6, 6.07) is 5.98. The van der Waals surface area contributed by atoms with Crippen molar-refractivity contribution in [1.29, 1.82) is 0 Å². The summed E-state index contributed by atoms with van der Waals surface area (Å²) < 4.78 is 0. The fourth-order valence-corrected chi connectivity index (χ4v) is 2.27. The van der Waals surface area contributed by atoms with Crippen LogP contribution in [0.2, 0.25) is 0 Å². The zero-order chi connectivity index (χ0) is 12.7. The number of aryl methyl sites for hydroxylation is 1. The molecule has 1 N–H and O–H groups in total. The number of carbonyl (C=O) groups is 1. The number of hydrogen-bond acceptors (Lipinski definition) is 2. The van der Waals surface area contributed by atoms with E-state index in [9.17, 15) is 4.79 Å². The van der Waals surface area contributed by atoms with E-state index in [0.29, 0.717) is 0 Å². The van der Waals surface area contributed by atoms with Gasteiger partial charge in [-0.15, -0.1) is 0 Å². The van der Waals surface area contributed by atoms with Gasteiger partial charge in [-0.05, 0) is 37.5 Å². The van der Waals surface area contributed by atoms with Gasteiger partial charge in [0.2, 0.25) is 0 Å². The molecule has 0 aliphatic carbocycles. The highest BCUT2D eigenvalue weighted by Gasteiger charge is 2.05. The summed E-state index contributed by atoms with van der Waals surface area (Å²) in [5.74, 6) is 0.907. The molecular formula is C14H21NOS. The van der Waals surface area contributed by atoms with Crippen LogP contribution >= 0.6 is 11.8 Å². The van der Waals surface area contributed by atoms with Crippen molar-refractivity contribution in [3.05, 3.63) is 29.3 Å². The second-order valence-electron chi connectivity index (χ2n) is 4.22. The molecule has 0 aromatic heterocycles. The SMILES string of the molecule is CCCCCSC(=O)Nc1cccc(C)c1C. The Hall–Kier alpha value is -0.960. The van der Waals surface area contributed by atoms with Crippen molar-refractivity contribution < 1.29 is 4.79 Å². The summed E-state index contributed by atoms with van der Waals surface area (Å²) >= 11 is 1.38. The maximum atomic E-state index is 11.7. The number of unbranched alkanes of at least 4 members (excludes halogenated alkanes) is 2. The lowest BCUT2D eigenvalue weighted by Gasteiger charge is -2.09. The van der Waals surface area contributed by atoms with Crippen LogP contribution in [0.3, 0.4) is 0 Å². The van der Waals surface area contributed by atoms with Crippen molar-refractivity contribution in [2.75, 3.05) is 11.1 Å². The van der Waals surface area contributed by atoms with E-state index in [4.69, 9.17) is 0 Å². The highest BCUT2D eigenvalue weighted by atomic mass is 32.2. The van der Waals surface area contributed by atoms with Crippen LogP contribution in [0.25, 0.3) is 0 Å². The average Bonchev–Trinajstić information content (AvgIpc) is 2.31. The number of nitrogens with one attached hydrogen (secondary N) is 1. The first-order valence-electron chi connectivity index (χ1n) is 6.15. The Morgan fingerprint density at radius 1 is 1.29 bits per heavy atom. The largest absolute Gasteiger partial charge is 0.317 e. The number of thioether (sulfide) groups is 1. The van der Waals surface area contributed by atoms with Crippen molar-refractivity contribution in [2.45, 2.75) is 40.0 Å². The zero-order valence-corrected chi connectivity index (χ0v) is 11.7. The molecule has 0 saturated heterocycles. The summed E-state index contributed by atoms with van der Waals surface area (Å²) in [5, 5.41) is 3.00. The van der Waals surface area contributed by atoms with Crippen molar-refractivity contribution in [3.63, 3.8) is 0 Å². The predicted octanol–water partition coefficient (Wildman–Crippen LogP) is 4.76. The van der Waals surface area contributed by atoms with Crippen LogP contribution < -0.4 is 5.32 Å². The van der Waals surface area contributed by atoms with Gasteiger partial charge in [0.15, 0.2) is 0 Å². The van der Waals surface area contributed by atoms with E-state index in [-0.39, 0.29) is 5.24 Å². The molecule has 0 atom stereocenters. The number of benzene rings is 1. The van der Waals surface area contributed by atoms with Gasteiger partial charge in [0.05, 0.1) is 0 Å². The van der Waals surface area contributed by atoms with E-state index < -0.39 is 0 Å². The first kappa shape index (κ1) is 14.1. The number of hydrogen-bond donors (Lipinski definition) is 1. The molecule has 0 heterocycles. The first-order chi connectivity index (χ1) is 8.15. The monoisotopic (exact) mass is 251 g/mol. The molecule has 0 aliphatic rings. The van der Waals surface area contributed by atoms with Gasteiger partial charge in [0.1, 0.15) is 0 Å². The number of carbonyl (C=O) groups excluding carboxylic acids is 1. The van der Waals surface area contributed by atoms with Crippen molar-refractivity contribution in [1.82, 2.24) is 0 Å². The third kappa shape index (κ3) is 4.82. The molecule has 1 aromatic carbocycles. The summed E-state index contributed by atoms with van der Waals surface area (Å²) in [4.78, 5) is 11.7. The summed E-state index contributed by atoms with van der Waals surface area (Å²) in [5.41, 5.74) is 3.28. The molecule has 1 aromatic rings. The van der Waals surface area contributed by atoms with Crippen LogP contribution in [0.5, 0.6) is 0 Å². The van der Waals surface area contributed by atoms with E-state index in [2.05, 4.69) is 25.2 Å². The molecule has 0 fully saturated rings.